The Bertz CT molecular complexity index is 917. The molecule has 0 spiro atoms. The fourth-order valence-corrected chi connectivity index (χ4v) is 2.74. The van der Waals surface area contributed by atoms with Crippen LogP contribution in [-0.4, -0.2) is 10.9 Å². The maximum Gasteiger partial charge on any atom is 0.270 e. The molecule has 0 unspecified atom stereocenters. The number of nitrogens with zero attached hydrogens (tertiary/aromatic N) is 1. The Morgan fingerprint density at radius 1 is 1.00 bits per heavy atom. The van der Waals surface area contributed by atoms with Crippen molar-refractivity contribution in [3.05, 3.63) is 88.7 Å². The Morgan fingerprint density at radius 3 is 2.54 bits per heavy atom. The van der Waals surface area contributed by atoms with Crippen LogP contribution in [0.2, 0.25) is 0 Å². The summed E-state index contributed by atoms with van der Waals surface area (Å²) in [6, 6.07) is 17.8. The van der Waals surface area contributed by atoms with Crippen LogP contribution in [0.5, 0.6) is 0 Å². The zero-order chi connectivity index (χ0) is 18.5. The van der Waals surface area contributed by atoms with Crippen molar-refractivity contribution in [2.24, 2.45) is 0 Å². The molecule has 1 amide bonds. The molecule has 0 saturated carbocycles. The van der Waals surface area contributed by atoms with Gasteiger partial charge in [-0.25, -0.2) is 4.98 Å². The second-order valence-electron chi connectivity index (χ2n) is 6.48. The normalized spacial score (nSPS) is 10.4. The van der Waals surface area contributed by atoms with Crippen LogP contribution in [-0.2, 0) is 6.54 Å². The van der Waals surface area contributed by atoms with Gasteiger partial charge in [0, 0.05) is 12.2 Å². The van der Waals surface area contributed by atoms with Crippen molar-refractivity contribution >= 4 is 17.3 Å². The van der Waals surface area contributed by atoms with Gasteiger partial charge >= 0.3 is 0 Å². The number of aromatic nitrogens is 1. The first-order valence-corrected chi connectivity index (χ1v) is 8.66. The zero-order valence-corrected chi connectivity index (χ0v) is 15.3. The van der Waals surface area contributed by atoms with Gasteiger partial charge in [-0.05, 0) is 55.7 Å². The topological polar surface area (TPSA) is 54.0 Å². The number of carbonyl (C=O) groups is 1. The van der Waals surface area contributed by atoms with Crippen LogP contribution in [0.3, 0.4) is 0 Å². The minimum Gasteiger partial charge on any atom is -0.354 e. The van der Waals surface area contributed by atoms with Gasteiger partial charge in [0.2, 0.25) is 0 Å². The van der Waals surface area contributed by atoms with E-state index in [4.69, 9.17) is 0 Å². The third-order valence-corrected chi connectivity index (χ3v) is 4.42. The van der Waals surface area contributed by atoms with Crippen LogP contribution >= 0.6 is 0 Å². The van der Waals surface area contributed by atoms with E-state index in [2.05, 4.69) is 41.6 Å². The SMILES string of the molecule is Cc1cccc(CNC(=O)c2ccc(Nc3cccc(C)c3C)cn2)c1. The number of carbonyl (C=O) groups excluding carboxylic acids is 1. The van der Waals surface area contributed by atoms with Crippen molar-refractivity contribution < 1.29 is 4.79 Å². The average molecular weight is 345 g/mol. The summed E-state index contributed by atoms with van der Waals surface area (Å²) in [4.78, 5) is 16.6. The fourth-order valence-electron chi connectivity index (χ4n) is 2.74. The fraction of sp³-hybridized carbons (Fsp3) is 0.182. The van der Waals surface area contributed by atoms with Crippen molar-refractivity contribution in [3.8, 4) is 0 Å². The van der Waals surface area contributed by atoms with E-state index in [1.807, 2.05) is 43.3 Å². The van der Waals surface area contributed by atoms with Gasteiger partial charge in [-0.3, -0.25) is 4.79 Å². The smallest absolute Gasteiger partial charge is 0.270 e. The summed E-state index contributed by atoms with van der Waals surface area (Å²) in [6.45, 7) is 6.69. The van der Waals surface area contributed by atoms with E-state index >= 15 is 0 Å². The first-order valence-electron chi connectivity index (χ1n) is 8.66. The van der Waals surface area contributed by atoms with E-state index < -0.39 is 0 Å². The molecule has 4 heteroatoms. The monoisotopic (exact) mass is 345 g/mol. The molecule has 0 aliphatic heterocycles. The molecule has 132 valence electrons. The van der Waals surface area contributed by atoms with Crippen molar-refractivity contribution in [2.45, 2.75) is 27.3 Å². The lowest BCUT2D eigenvalue weighted by Crippen LogP contribution is -2.23. The first-order chi connectivity index (χ1) is 12.5. The van der Waals surface area contributed by atoms with Gasteiger partial charge in [-0.1, -0.05) is 42.0 Å². The quantitative estimate of drug-likeness (QED) is 0.706. The largest absolute Gasteiger partial charge is 0.354 e. The number of pyridine rings is 1. The summed E-state index contributed by atoms with van der Waals surface area (Å²) in [6.07, 6.45) is 1.68. The van der Waals surface area contributed by atoms with Gasteiger partial charge in [0.05, 0.1) is 11.9 Å². The molecular weight excluding hydrogens is 322 g/mol. The zero-order valence-electron chi connectivity index (χ0n) is 15.3. The van der Waals surface area contributed by atoms with Gasteiger partial charge in [-0.15, -0.1) is 0 Å². The third kappa shape index (κ3) is 4.28. The molecule has 4 nitrogen and oxygen atoms in total. The number of nitrogens with one attached hydrogen (secondary N) is 2. The Balaban J connectivity index is 1.63. The van der Waals surface area contributed by atoms with Crippen LogP contribution in [0.15, 0.2) is 60.8 Å². The maximum absolute atomic E-state index is 12.3. The van der Waals surface area contributed by atoms with E-state index in [1.165, 1.54) is 16.7 Å². The van der Waals surface area contributed by atoms with Gasteiger partial charge in [0.1, 0.15) is 5.69 Å². The second-order valence-corrected chi connectivity index (χ2v) is 6.48. The molecule has 1 aromatic heterocycles. The highest BCUT2D eigenvalue weighted by molar-refractivity contribution is 5.92. The van der Waals surface area contributed by atoms with Gasteiger partial charge in [0.25, 0.3) is 5.91 Å². The number of aryl methyl sites for hydroxylation is 2. The van der Waals surface area contributed by atoms with Crippen LogP contribution in [0.4, 0.5) is 11.4 Å². The summed E-state index contributed by atoms with van der Waals surface area (Å²) in [5, 5.41) is 6.26. The van der Waals surface area contributed by atoms with E-state index in [0.29, 0.717) is 12.2 Å². The standard InChI is InChI=1S/C22H23N3O/c1-15-6-4-8-18(12-15)13-24-22(26)21-11-10-19(14-23-21)25-20-9-5-7-16(2)17(20)3/h4-12,14,25H,13H2,1-3H3,(H,24,26). The summed E-state index contributed by atoms with van der Waals surface area (Å²) >= 11 is 0. The van der Waals surface area contributed by atoms with Gasteiger partial charge in [-0.2, -0.15) is 0 Å². The lowest BCUT2D eigenvalue weighted by Gasteiger charge is -2.11. The predicted octanol–water partition coefficient (Wildman–Crippen LogP) is 4.68. The molecule has 3 aromatic rings. The molecule has 0 bridgehead atoms. The van der Waals surface area contributed by atoms with Crippen LogP contribution in [0.25, 0.3) is 0 Å². The van der Waals surface area contributed by atoms with E-state index in [1.54, 1.807) is 12.3 Å². The molecule has 3 rings (SSSR count). The van der Waals surface area contributed by atoms with E-state index in [9.17, 15) is 4.79 Å². The molecule has 0 radical (unpaired) electrons. The van der Waals surface area contributed by atoms with Gasteiger partial charge in [0.15, 0.2) is 0 Å². The van der Waals surface area contributed by atoms with Crippen molar-refractivity contribution in [2.75, 3.05) is 5.32 Å². The molecule has 26 heavy (non-hydrogen) atoms. The molecule has 0 aliphatic carbocycles. The van der Waals surface area contributed by atoms with E-state index in [-0.39, 0.29) is 5.91 Å². The van der Waals surface area contributed by atoms with Gasteiger partial charge < -0.3 is 10.6 Å². The minimum absolute atomic E-state index is 0.176. The lowest BCUT2D eigenvalue weighted by atomic mass is 10.1. The second kappa shape index (κ2) is 7.83. The number of rotatable bonds is 5. The van der Waals surface area contributed by atoms with Crippen molar-refractivity contribution in [1.29, 1.82) is 0 Å². The Hall–Kier alpha value is -3.14. The molecule has 1 heterocycles. The maximum atomic E-state index is 12.3. The van der Waals surface area contributed by atoms with Crippen molar-refractivity contribution in [1.82, 2.24) is 10.3 Å². The summed E-state index contributed by atoms with van der Waals surface area (Å²) in [5.41, 5.74) is 6.99. The molecule has 0 fully saturated rings. The highest BCUT2D eigenvalue weighted by atomic mass is 16.1. The first kappa shape index (κ1) is 17.7. The Kier molecular flexibility index (Phi) is 5.32. The highest BCUT2D eigenvalue weighted by Gasteiger charge is 2.08. The number of benzene rings is 2. The van der Waals surface area contributed by atoms with Crippen LogP contribution in [0.1, 0.15) is 32.7 Å². The Labute approximate surface area is 154 Å². The average Bonchev–Trinajstić information content (AvgIpc) is 2.64. The third-order valence-electron chi connectivity index (χ3n) is 4.42. The lowest BCUT2D eigenvalue weighted by molar-refractivity contribution is 0.0946. The summed E-state index contributed by atoms with van der Waals surface area (Å²) in [7, 11) is 0. The molecule has 0 aliphatic rings. The molecule has 0 atom stereocenters. The minimum atomic E-state index is -0.176. The van der Waals surface area contributed by atoms with E-state index in [0.717, 1.165) is 16.9 Å². The summed E-state index contributed by atoms with van der Waals surface area (Å²) in [5.74, 6) is -0.176. The Morgan fingerprint density at radius 2 is 1.81 bits per heavy atom. The number of amides is 1. The number of anilines is 2. The number of hydrogen-bond donors (Lipinski definition) is 2. The van der Waals surface area contributed by atoms with Crippen molar-refractivity contribution in [3.63, 3.8) is 0 Å². The number of hydrogen-bond acceptors (Lipinski definition) is 3. The highest BCUT2D eigenvalue weighted by Crippen LogP contribution is 2.22. The van der Waals surface area contributed by atoms with Crippen LogP contribution < -0.4 is 10.6 Å². The summed E-state index contributed by atoms with van der Waals surface area (Å²) < 4.78 is 0. The molecule has 2 aromatic carbocycles. The molecule has 2 N–H and O–H groups in total. The molecule has 0 saturated heterocycles. The van der Waals surface area contributed by atoms with Crippen LogP contribution in [0, 0.1) is 20.8 Å². The molecular formula is C22H23N3O. The predicted molar refractivity (Wildman–Crippen MR) is 106 cm³/mol.